The molecule has 3 aromatic rings. The summed E-state index contributed by atoms with van der Waals surface area (Å²) in [6.07, 6.45) is 0. The van der Waals surface area contributed by atoms with E-state index in [2.05, 4.69) is 4.99 Å². The van der Waals surface area contributed by atoms with Crippen LogP contribution in [0.2, 0.25) is 5.02 Å². The number of hydrogen-bond acceptors (Lipinski definition) is 6. The molecule has 138 valence electrons. The maximum Gasteiger partial charge on any atom is 0.281 e. The van der Waals surface area contributed by atoms with Crippen molar-refractivity contribution in [3.63, 3.8) is 0 Å². The van der Waals surface area contributed by atoms with Crippen LogP contribution in [0.15, 0.2) is 35.3 Å². The van der Waals surface area contributed by atoms with Crippen LogP contribution in [0.1, 0.15) is 10.4 Å². The molecule has 4 rings (SSSR count). The molecule has 0 N–H and O–H groups in total. The predicted molar refractivity (Wildman–Crippen MR) is 99.8 cm³/mol. The zero-order valence-corrected chi connectivity index (χ0v) is 15.5. The number of non-ortho nitro benzene ring substituents is 1. The summed E-state index contributed by atoms with van der Waals surface area (Å²) < 4.78 is 13.8. The fourth-order valence-electron chi connectivity index (χ4n) is 2.71. The number of thiazole rings is 1. The normalized spacial score (nSPS) is 13.8. The number of halogens is 1. The molecule has 1 aromatic heterocycles. The Bertz CT molecular complexity index is 1170. The molecule has 0 saturated carbocycles. The Hall–Kier alpha value is -2.91. The van der Waals surface area contributed by atoms with Gasteiger partial charge in [0.25, 0.3) is 11.6 Å². The van der Waals surface area contributed by atoms with Gasteiger partial charge in [0.1, 0.15) is 13.2 Å². The predicted octanol–water partition coefficient (Wildman–Crippen LogP) is 3.31. The highest BCUT2D eigenvalue weighted by Crippen LogP contribution is 2.35. The van der Waals surface area contributed by atoms with Crippen LogP contribution in [0, 0.1) is 10.1 Å². The van der Waals surface area contributed by atoms with Gasteiger partial charge in [-0.3, -0.25) is 14.9 Å². The standard InChI is InChI=1S/C17H12ClN3O5S/c1-20-12-7-13-14(26-5-4-25-13)8-15(12)27-17(20)19-16(22)10-6-9(21(23)24)2-3-11(10)18/h2-3,6-8H,4-5H2,1H3. The van der Waals surface area contributed by atoms with E-state index in [1.54, 1.807) is 11.6 Å². The number of rotatable bonds is 2. The molecule has 0 spiro atoms. The highest BCUT2D eigenvalue weighted by atomic mass is 35.5. The van der Waals surface area contributed by atoms with Crippen molar-refractivity contribution in [1.82, 2.24) is 4.57 Å². The van der Waals surface area contributed by atoms with Gasteiger partial charge in [-0.05, 0) is 6.07 Å². The smallest absolute Gasteiger partial charge is 0.281 e. The van der Waals surface area contributed by atoms with E-state index < -0.39 is 10.8 Å². The number of carbonyl (C=O) groups is 1. The van der Waals surface area contributed by atoms with Crippen LogP contribution in [-0.4, -0.2) is 28.6 Å². The molecule has 0 atom stereocenters. The molecule has 1 aliphatic rings. The maximum atomic E-state index is 12.6. The summed E-state index contributed by atoms with van der Waals surface area (Å²) in [6, 6.07) is 7.36. The lowest BCUT2D eigenvalue weighted by Crippen LogP contribution is -2.15. The summed E-state index contributed by atoms with van der Waals surface area (Å²) in [7, 11) is 1.77. The van der Waals surface area contributed by atoms with Crippen molar-refractivity contribution >= 4 is 44.7 Å². The van der Waals surface area contributed by atoms with Crippen LogP contribution in [0.5, 0.6) is 11.5 Å². The Kier molecular flexibility index (Phi) is 4.33. The van der Waals surface area contributed by atoms with Crippen LogP contribution >= 0.6 is 22.9 Å². The topological polar surface area (TPSA) is 96.0 Å². The minimum atomic E-state index is -0.650. The third-order valence-corrected chi connectivity index (χ3v) is 5.49. The van der Waals surface area contributed by atoms with E-state index in [9.17, 15) is 14.9 Å². The largest absolute Gasteiger partial charge is 0.486 e. The Morgan fingerprint density at radius 1 is 1.26 bits per heavy atom. The van der Waals surface area contributed by atoms with Crippen molar-refractivity contribution in [2.24, 2.45) is 12.0 Å². The van der Waals surface area contributed by atoms with E-state index in [-0.39, 0.29) is 16.3 Å². The highest BCUT2D eigenvalue weighted by Gasteiger charge is 2.18. The van der Waals surface area contributed by atoms with E-state index in [0.29, 0.717) is 29.5 Å². The van der Waals surface area contributed by atoms with Crippen LogP contribution in [0.4, 0.5) is 5.69 Å². The average Bonchev–Trinajstić information content (AvgIpc) is 2.95. The van der Waals surface area contributed by atoms with Crippen molar-refractivity contribution < 1.29 is 19.2 Å². The summed E-state index contributed by atoms with van der Waals surface area (Å²) in [4.78, 5) is 27.5. The van der Waals surface area contributed by atoms with Crippen LogP contribution in [0.3, 0.4) is 0 Å². The van der Waals surface area contributed by atoms with Gasteiger partial charge in [0.15, 0.2) is 16.3 Å². The summed E-state index contributed by atoms with van der Waals surface area (Å²) in [5.41, 5.74) is 0.593. The summed E-state index contributed by atoms with van der Waals surface area (Å²) in [5.74, 6) is 0.639. The monoisotopic (exact) mass is 405 g/mol. The molecule has 0 radical (unpaired) electrons. The molecule has 8 nitrogen and oxygen atoms in total. The lowest BCUT2D eigenvalue weighted by molar-refractivity contribution is -0.384. The molecule has 2 heterocycles. The van der Waals surface area contributed by atoms with Gasteiger partial charge in [-0.1, -0.05) is 22.9 Å². The number of benzene rings is 2. The number of nitrogens with zero attached hydrogens (tertiary/aromatic N) is 3. The molecule has 1 aliphatic heterocycles. The molecule has 10 heteroatoms. The lowest BCUT2D eigenvalue weighted by atomic mass is 10.2. The maximum absolute atomic E-state index is 12.6. The first kappa shape index (κ1) is 17.5. The van der Waals surface area contributed by atoms with Gasteiger partial charge < -0.3 is 14.0 Å². The third kappa shape index (κ3) is 3.15. The highest BCUT2D eigenvalue weighted by molar-refractivity contribution is 7.16. The Morgan fingerprint density at radius 2 is 1.96 bits per heavy atom. The molecule has 1 amide bonds. The first-order chi connectivity index (χ1) is 12.9. The number of nitro groups is 1. The number of aryl methyl sites for hydroxylation is 1. The zero-order valence-electron chi connectivity index (χ0n) is 14.0. The fraction of sp³-hybridized carbons (Fsp3) is 0.176. The second kappa shape index (κ2) is 6.67. The molecular formula is C17H12ClN3O5S. The molecule has 0 saturated heterocycles. The first-order valence-electron chi connectivity index (χ1n) is 7.86. The van der Waals surface area contributed by atoms with Gasteiger partial charge in [-0.15, -0.1) is 0 Å². The van der Waals surface area contributed by atoms with Crippen molar-refractivity contribution in [3.05, 3.63) is 55.8 Å². The first-order valence-corrected chi connectivity index (χ1v) is 9.05. The van der Waals surface area contributed by atoms with Crippen LogP contribution in [0.25, 0.3) is 10.2 Å². The second-order valence-electron chi connectivity index (χ2n) is 5.75. The molecule has 27 heavy (non-hydrogen) atoms. The van der Waals surface area contributed by atoms with E-state index in [1.165, 1.54) is 23.5 Å². The van der Waals surface area contributed by atoms with Gasteiger partial charge in [0.2, 0.25) is 0 Å². The number of amides is 1. The Labute approximate surface area is 161 Å². The quantitative estimate of drug-likeness (QED) is 0.481. The third-order valence-electron chi connectivity index (χ3n) is 4.06. The van der Waals surface area contributed by atoms with Crippen LogP contribution in [-0.2, 0) is 7.05 Å². The number of fused-ring (bicyclic) bond motifs is 2. The van der Waals surface area contributed by atoms with Crippen molar-refractivity contribution in [2.75, 3.05) is 13.2 Å². The van der Waals surface area contributed by atoms with Gasteiger partial charge in [-0.25, -0.2) is 0 Å². The second-order valence-corrected chi connectivity index (χ2v) is 7.16. The Morgan fingerprint density at radius 3 is 2.67 bits per heavy atom. The summed E-state index contributed by atoms with van der Waals surface area (Å²) >= 11 is 7.33. The molecular weight excluding hydrogens is 394 g/mol. The average molecular weight is 406 g/mol. The van der Waals surface area contributed by atoms with Crippen molar-refractivity contribution in [1.29, 1.82) is 0 Å². The number of ether oxygens (including phenoxy) is 2. The number of carbonyl (C=O) groups excluding carboxylic acids is 1. The van der Waals surface area contributed by atoms with Crippen molar-refractivity contribution in [3.8, 4) is 11.5 Å². The Balaban J connectivity index is 1.81. The van der Waals surface area contributed by atoms with E-state index in [0.717, 1.165) is 16.3 Å². The van der Waals surface area contributed by atoms with E-state index in [1.807, 2.05) is 12.1 Å². The van der Waals surface area contributed by atoms with Crippen molar-refractivity contribution in [2.45, 2.75) is 0 Å². The van der Waals surface area contributed by atoms with Gasteiger partial charge in [0.05, 0.1) is 25.7 Å². The molecule has 0 fully saturated rings. The lowest BCUT2D eigenvalue weighted by Gasteiger charge is -2.18. The summed E-state index contributed by atoms with van der Waals surface area (Å²) in [5, 5.41) is 11.0. The molecule has 2 aromatic carbocycles. The van der Waals surface area contributed by atoms with E-state index >= 15 is 0 Å². The van der Waals surface area contributed by atoms with Crippen LogP contribution < -0.4 is 14.3 Å². The molecule has 0 bridgehead atoms. The SMILES string of the molecule is Cn1c(=NC(=O)c2cc([N+](=O)[O-])ccc2Cl)sc2cc3c(cc21)OCCO3. The molecule has 0 unspecified atom stereocenters. The minimum Gasteiger partial charge on any atom is -0.486 e. The van der Waals surface area contributed by atoms with Gasteiger partial charge in [0, 0.05) is 31.3 Å². The fourth-order valence-corrected chi connectivity index (χ4v) is 3.93. The number of hydrogen-bond donors (Lipinski definition) is 0. The number of aromatic nitrogens is 1. The van der Waals surface area contributed by atoms with E-state index in [4.69, 9.17) is 21.1 Å². The summed E-state index contributed by atoms with van der Waals surface area (Å²) in [6.45, 7) is 0.963. The zero-order chi connectivity index (χ0) is 19.1. The number of nitro benzene ring substituents is 1. The minimum absolute atomic E-state index is 0.0192. The van der Waals surface area contributed by atoms with Gasteiger partial charge in [-0.2, -0.15) is 4.99 Å². The molecule has 0 aliphatic carbocycles. The van der Waals surface area contributed by atoms with Gasteiger partial charge >= 0.3 is 0 Å².